The van der Waals surface area contributed by atoms with Crippen LogP contribution in [-0.2, 0) is 0 Å². The molecule has 0 spiro atoms. The smallest absolute Gasteiger partial charge is 0.211 e. The van der Waals surface area contributed by atoms with Crippen molar-refractivity contribution in [2.45, 2.75) is 6.04 Å². The first-order valence-electron chi connectivity index (χ1n) is 5.94. The second-order valence-electron chi connectivity index (χ2n) is 4.29. The van der Waals surface area contributed by atoms with Crippen molar-refractivity contribution in [2.24, 2.45) is 10.8 Å². The minimum absolute atomic E-state index is 0.109. The van der Waals surface area contributed by atoms with E-state index < -0.39 is 0 Å². The molecule has 1 heterocycles. The summed E-state index contributed by atoms with van der Waals surface area (Å²) in [5.41, 5.74) is 5.66. The van der Waals surface area contributed by atoms with Crippen LogP contribution in [0.15, 0.2) is 53.5 Å². The molecule has 0 bridgehead atoms. The Balaban J connectivity index is 2.13. The first kappa shape index (κ1) is 12.0. The molecule has 1 aliphatic rings. The predicted molar refractivity (Wildman–Crippen MR) is 78.1 cm³/mol. The monoisotopic (exact) mass is 272 g/mol. The molecule has 0 fully saturated rings. The minimum Gasteiger partial charge on any atom is -0.325 e. The fourth-order valence-corrected chi connectivity index (χ4v) is 2.38. The highest BCUT2D eigenvalue weighted by atomic mass is 35.5. The molecule has 3 rings (SSSR count). The van der Waals surface area contributed by atoms with Crippen LogP contribution < -0.4 is 16.6 Å². The van der Waals surface area contributed by atoms with Crippen molar-refractivity contribution in [3.05, 3.63) is 64.7 Å². The summed E-state index contributed by atoms with van der Waals surface area (Å²) in [6.45, 7) is 0. The molecule has 0 radical (unpaired) electrons. The van der Waals surface area contributed by atoms with E-state index >= 15 is 0 Å². The molecule has 0 saturated heterocycles. The molecule has 96 valence electrons. The topological polar surface area (TPSA) is 62.4 Å². The quantitative estimate of drug-likeness (QED) is 0.552. The van der Waals surface area contributed by atoms with E-state index in [1.54, 1.807) is 0 Å². The Kier molecular flexibility index (Phi) is 3.11. The van der Waals surface area contributed by atoms with Crippen LogP contribution in [0.3, 0.4) is 0 Å². The molecule has 2 aromatic carbocycles. The van der Waals surface area contributed by atoms with E-state index in [0.29, 0.717) is 11.0 Å². The normalized spacial score (nSPS) is 17.2. The highest BCUT2D eigenvalue weighted by Gasteiger charge is 2.22. The minimum atomic E-state index is -0.109. The maximum atomic E-state index is 6.08. The van der Waals surface area contributed by atoms with Gasteiger partial charge in [0.25, 0.3) is 0 Å². The molecule has 1 aliphatic heterocycles. The third kappa shape index (κ3) is 2.28. The molecule has 0 aromatic heterocycles. The second-order valence-corrected chi connectivity index (χ2v) is 4.73. The Morgan fingerprint density at radius 3 is 2.68 bits per heavy atom. The Labute approximate surface area is 116 Å². The first-order chi connectivity index (χ1) is 9.28. The maximum absolute atomic E-state index is 6.08. The van der Waals surface area contributed by atoms with Gasteiger partial charge in [0.1, 0.15) is 6.04 Å². The molecule has 5 heteroatoms. The van der Waals surface area contributed by atoms with Gasteiger partial charge in [0.15, 0.2) is 0 Å². The number of hydrogen-bond donors (Lipinski definition) is 3. The highest BCUT2D eigenvalue weighted by Crippen LogP contribution is 2.36. The molecule has 4 N–H and O–H groups in total. The lowest BCUT2D eigenvalue weighted by Gasteiger charge is -2.25. The van der Waals surface area contributed by atoms with Gasteiger partial charge in [0.05, 0.1) is 0 Å². The van der Waals surface area contributed by atoms with Gasteiger partial charge in [-0.3, -0.25) is 5.43 Å². The molecular formula is C14H13ClN4. The fraction of sp³-hybridized carbons (Fsp3) is 0.0714. The number of halogens is 1. The third-order valence-corrected chi connectivity index (χ3v) is 3.31. The van der Waals surface area contributed by atoms with E-state index in [1.807, 2.05) is 48.5 Å². The van der Waals surface area contributed by atoms with Crippen LogP contribution in [0.1, 0.15) is 17.2 Å². The van der Waals surface area contributed by atoms with Crippen molar-refractivity contribution in [1.82, 2.24) is 5.43 Å². The van der Waals surface area contributed by atoms with Crippen LogP contribution in [-0.4, -0.2) is 5.96 Å². The van der Waals surface area contributed by atoms with Crippen LogP contribution in [0.2, 0.25) is 5.02 Å². The van der Waals surface area contributed by atoms with E-state index in [1.165, 1.54) is 0 Å². The van der Waals surface area contributed by atoms with Crippen LogP contribution in [0, 0.1) is 0 Å². The molecule has 1 atom stereocenters. The van der Waals surface area contributed by atoms with Crippen molar-refractivity contribution in [3.63, 3.8) is 0 Å². The Bertz CT molecular complexity index is 625. The fourth-order valence-electron chi connectivity index (χ4n) is 2.19. The van der Waals surface area contributed by atoms with E-state index in [4.69, 9.17) is 17.4 Å². The molecule has 1 unspecified atom stereocenters. The van der Waals surface area contributed by atoms with Crippen LogP contribution >= 0.6 is 11.6 Å². The van der Waals surface area contributed by atoms with E-state index in [-0.39, 0.29) is 6.04 Å². The number of rotatable bonds is 1. The second kappa shape index (κ2) is 4.91. The van der Waals surface area contributed by atoms with E-state index in [0.717, 1.165) is 16.8 Å². The molecule has 0 aliphatic carbocycles. The maximum Gasteiger partial charge on any atom is 0.211 e. The van der Waals surface area contributed by atoms with Gasteiger partial charge in [-0.1, -0.05) is 41.9 Å². The number of nitrogens with one attached hydrogen (secondary N) is 2. The summed E-state index contributed by atoms with van der Waals surface area (Å²) in [5.74, 6) is 6.01. The first-order valence-corrected chi connectivity index (χ1v) is 6.31. The average molecular weight is 273 g/mol. The van der Waals surface area contributed by atoms with Crippen LogP contribution in [0.5, 0.6) is 0 Å². The van der Waals surface area contributed by atoms with Crippen molar-refractivity contribution in [3.8, 4) is 0 Å². The number of guanidine groups is 1. The van der Waals surface area contributed by atoms with Crippen LogP contribution in [0.4, 0.5) is 5.69 Å². The van der Waals surface area contributed by atoms with Crippen molar-refractivity contribution >= 4 is 23.2 Å². The number of anilines is 1. The summed E-state index contributed by atoms with van der Waals surface area (Å²) in [7, 11) is 0. The summed E-state index contributed by atoms with van der Waals surface area (Å²) >= 11 is 6.08. The van der Waals surface area contributed by atoms with E-state index in [2.05, 4.69) is 15.7 Å². The number of aliphatic imine (C=N–C) groups is 1. The van der Waals surface area contributed by atoms with Gasteiger partial charge in [0, 0.05) is 16.3 Å². The van der Waals surface area contributed by atoms with Gasteiger partial charge in [-0.05, 0) is 23.8 Å². The van der Waals surface area contributed by atoms with Crippen molar-refractivity contribution in [1.29, 1.82) is 0 Å². The Hall–Kier alpha value is -2.04. The zero-order chi connectivity index (χ0) is 13.2. The Morgan fingerprint density at radius 1 is 1.16 bits per heavy atom. The van der Waals surface area contributed by atoms with Crippen molar-refractivity contribution in [2.75, 3.05) is 5.32 Å². The summed E-state index contributed by atoms with van der Waals surface area (Å²) in [5, 5.41) is 3.82. The third-order valence-electron chi connectivity index (χ3n) is 3.07. The van der Waals surface area contributed by atoms with Gasteiger partial charge >= 0.3 is 0 Å². The molecule has 0 amide bonds. The number of hydrazine groups is 1. The summed E-state index contributed by atoms with van der Waals surface area (Å²) in [4.78, 5) is 4.56. The van der Waals surface area contributed by atoms with Gasteiger partial charge in [-0.2, -0.15) is 0 Å². The highest BCUT2D eigenvalue weighted by molar-refractivity contribution is 6.30. The average Bonchev–Trinajstić information content (AvgIpc) is 2.47. The number of nitrogens with zero attached hydrogens (tertiary/aromatic N) is 1. The number of fused-ring (bicyclic) bond motifs is 1. The molecule has 2 aromatic rings. The summed E-state index contributed by atoms with van der Waals surface area (Å²) < 4.78 is 0. The molecule has 19 heavy (non-hydrogen) atoms. The standard InChI is InChI=1S/C14H13ClN4/c15-10-6-7-12-11(8-10)13(18-14(17-12)19-16)9-4-2-1-3-5-9/h1-8,13H,16H2,(H2,17,18,19). The summed E-state index contributed by atoms with van der Waals surface area (Å²) in [6.07, 6.45) is 0. The van der Waals surface area contributed by atoms with Gasteiger partial charge < -0.3 is 5.32 Å². The predicted octanol–water partition coefficient (Wildman–Crippen LogP) is 2.67. The largest absolute Gasteiger partial charge is 0.325 e. The molecule has 4 nitrogen and oxygen atoms in total. The molecular weight excluding hydrogens is 260 g/mol. The lowest BCUT2D eigenvalue weighted by atomic mass is 9.96. The Morgan fingerprint density at radius 2 is 1.95 bits per heavy atom. The summed E-state index contributed by atoms with van der Waals surface area (Å²) in [6, 6.07) is 15.6. The van der Waals surface area contributed by atoms with Crippen molar-refractivity contribution < 1.29 is 0 Å². The lowest BCUT2D eigenvalue weighted by Crippen LogP contribution is -2.38. The van der Waals surface area contributed by atoms with Gasteiger partial charge in [-0.15, -0.1) is 0 Å². The van der Waals surface area contributed by atoms with Gasteiger partial charge in [0.2, 0.25) is 5.96 Å². The molecule has 0 saturated carbocycles. The lowest BCUT2D eigenvalue weighted by molar-refractivity contribution is 0.837. The zero-order valence-electron chi connectivity index (χ0n) is 10.1. The number of benzene rings is 2. The number of hydrogen-bond acceptors (Lipinski definition) is 4. The number of nitrogens with two attached hydrogens (primary N) is 1. The SMILES string of the molecule is NNC1=NC(c2ccccc2)c2cc(Cl)ccc2N1. The van der Waals surface area contributed by atoms with Gasteiger partial charge in [-0.25, -0.2) is 10.8 Å². The van der Waals surface area contributed by atoms with E-state index in [9.17, 15) is 0 Å². The van der Waals surface area contributed by atoms with Crippen LogP contribution in [0.25, 0.3) is 0 Å². The zero-order valence-corrected chi connectivity index (χ0v) is 10.9.